The van der Waals surface area contributed by atoms with E-state index in [0.717, 1.165) is 27.9 Å². The van der Waals surface area contributed by atoms with Crippen molar-refractivity contribution in [2.24, 2.45) is 0 Å². The van der Waals surface area contributed by atoms with Crippen molar-refractivity contribution in [2.45, 2.75) is 13.5 Å². The highest BCUT2D eigenvalue weighted by atomic mass is 79.9. The van der Waals surface area contributed by atoms with Crippen LogP contribution in [-0.4, -0.2) is 0 Å². The van der Waals surface area contributed by atoms with Crippen LogP contribution in [0.5, 0.6) is 0 Å². The molecular formula is C15H11BrF2N2. The Labute approximate surface area is 124 Å². The van der Waals surface area contributed by atoms with Gasteiger partial charge in [0.05, 0.1) is 11.6 Å². The number of benzene rings is 2. The predicted octanol–water partition coefficient (Wildman–Crippen LogP) is 4.52. The van der Waals surface area contributed by atoms with Gasteiger partial charge in [0.25, 0.3) is 0 Å². The third-order valence-electron chi connectivity index (χ3n) is 2.85. The third-order valence-corrected chi connectivity index (χ3v) is 3.51. The number of aryl methyl sites for hydroxylation is 1. The average Bonchev–Trinajstić information content (AvgIpc) is 2.39. The second-order valence-electron chi connectivity index (χ2n) is 4.37. The molecule has 1 N–H and O–H groups in total. The molecule has 102 valence electrons. The van der Waals surface area contributed by atoms with Gasteiger partial charge in [0.2, 0.25) is 0 Å². The summed E-state index contributed by atoms with van der Waals surface area (Å²) in [6.45, 7) is 1.96. The normalized spacial score (nSPS) is 10.2. The van der Waals surface area contributed by atoms with E-state index in [2.05, 4.69) is 21.2 Å². The molecule has 0 saturated carbocycles. The van der Waals surface area contributed by atoms with E-state index in [4.69, 9.17) is 5.26 Å². The molecule has 0 spiro atoms. The molecule has 0 amide bonds. The fraction of sp³-hybridized carbons (Fsp3) is 0.133. The Balaban J connectivity index is 2.21. The number of hydrogen-bond donors (Lipinski definition) is 1. The van der Waals surface area contributed by atoms with Crippen molar-refractivity contribution in [1.82, 2.24) is 0 Å². The number of hydrogen-bond acceptors (Lipinski definition) is 2. The number of nitrogens with one attached hydrogen (secondary N) is 1. The maximum atomic E-state index is 13.7. The average molecular weight is 337 g/mol. The summed E-state index contributed by atoms with van der Waals surface area (Å²) in [7, 11) is 0. The number of anilines is 1. The van der Waals surface area contributed by atoms with Crippen LogP contribution >= 0.6 is 15.9 Å². The minimum Gasteiger partial charge on any atom is -0.380 e. The Morgan fingerprint density at radius 1 is 1.20 bits per heavy atom. The van der Waals surface area contributed by atoms with Crippen molar-refractivity contribution in [3.63, 3.8) is 0 Å². The van der Waals surface area contributed by atoms with Crippen molar-refractivity contribution >= 4 is 21.6 Å². The van der Waals surface area contributed by atoms with Crippen LogP contribution in [-0.2, 0) is 6.54 Å². The zero-order valence-corrected chi connectivity index (χ0v) is 12.3. The minimum absolute atomic E-state index is 0.00500. The van der Waals surface area contributed by atoms with Crippen molar-refractivity contribution in [3.05, 3.63) is 63.1 Å². The first-order chi connectivity index (χ1) is 9.51. The van der Waals surface area contributed by atoms with E-state index in [-0.39, 0.29) is 17.7 Å². The van der Waals surface area contributed by atoms with Crippen molar-refractivity contribution in [2.75, 3.05) is 5.32 Å². The molecule has 0 atom stereocenters. The quantitative estimate of drug-likeness (QED) is 0.894. The highest BCUT2D eigenvalue weighted by Gasteiger charge is 2.11. The second kappa shape index (κ2) is 6.02. The van der Waals surface area contributed by atoms with Crippen molar-refractivity contribution in [3.8, 4) is 6.07 Å². The molecule has 0 aliphatic heterocycles. The molecule has 2 nitrogen and oxygen atoms in total. The van der Waals surface area contributed by atoms with Gasteiger partial charge >= 0.3 is 0 Å². The summed E-state index contributed by atoms with van der Waals surface area (Å²) in [6.07, 6.45) is 0. The van der Waals surface area contributed by atoms with Crippen LogP contribution in [0.2, 0.25) is 0 Å². The number of nitrogens with zero attached hydrogens (tertiary/aromatic N) is 1. The zero-order valence-electron chi connectivity index (χ0n) is 10.7. The molecule has 2 aromatic rings. The van der Waals surface area contributed by atoms with Crippen LogP contribution in [0, 0.1) is 29.9 Å². The molecule has 5 heteroatoms. The van der Waals surface area contributed by atoms with E-state index in [1.54, 1.807) is 6.07 Å². The summed E-state index contributed by atoms with van der Waals surface area (Å²) in [4.78, 5) is 0. The Morgan fingerprint density at radius 2 is 1.85 bits per heavy atom. The molecular weight excluding hydrogens is 326 g/mol. The van der Waals surface area contributed by atoms with Crippen molar-refractivity contribution < 1.29 is 8.78 Å². The lowest BCUT2D eigenvalue weighted by Crippen LogP contribution is -2.05. The lowest BCUT2D eigenvalue weighted by molar-refractivity contribution is 0.559. The maximum absolute atomic E-state index is 13.7. The second-order valence-corrected chi connectivity index (χ2v) is 5.22. The summed E-state index contributed by atoms with van der Waals surface area (Å²) in [6, 6.07) is 9.43. The Bertz CT molecular complexity index is 670. The Morgan fingerprint density at radius 3 is 2.40 bits per heavy atom. The fourth-order valence-corrected chi connectivity index (χ4v) is 2.42. The third kappa shape index (κ3) is 3.14. The van der Waals surface area contributed by atoms with E-state index in [1.807, 2.05) is 25.1 Å². The lowest BCUT2D eigenvalue weighted by Gasteiger charge is -2.11. The highest BCUT2D eigenvalue weighted by Crippen LogP contribution is 2.25. The molecule has 20 heavy (non-hydrogen) atoms. The molecule has 0 aliphatic rings. The number of rotatable bonds is 3. The topological polar surface area (TPSA) is 35.8 Å². The molecule has 0 fully saturated rings. The molecule has 2 aromatic carbocycles. The predicted molar refractivity (Wildman–Crippen MR) is 77.3 cm³/mol. The van der Waals surface area contributed by atoms with Gasteiger partial charge in [-0.05, 0) is 52.7 Å². The first-order valence-electron chi connectivity index (χ1n) is 5.89. The maximum Gasteiger partial charge on any atom is 0.132 e. The van der Waals surface area contributed by atoms with E-state index >= 15 is 0 Å². The first-order valence-corrected chi connectivity index (χ1v) is 6.68. The van der Waals surface area contributed by atoms with E-state index in [0.29, 0.717) is 0 Å². The van der Waals surface area contributed by atoms with Crippen LogP contribution < -0.4 is 5.32 Å². The summed E-state index contributed by atoms with van der Waals surface area (Å²) in [5.74, 6) is -1.45. The van der Waals surface area contributed by atoms with Gasteiger partial charge in [0.15, 0.2) is 0 Å². The van der Waals surface area contributed by atoms with Crippen LogP contribution in [0.4, 0.5) is 14.5 Å². The molecule has 0 saturated heterocycles. The Kier molecular flexibility index (Phi) is 4.35. The van der Waals surface area contributed by atoms with Gasteiger partial charge in [-0.15, -0.1) is 0 Å². The molecule has 2 rings (SSSR count). The SMILES string of the molecule is Cc1ccc(NCc2c(F)cc(C#N)cc2F)c(Br)c1. The van der Waals surface area contributed by atoms with Gasteiger partial charge in [-0.25, -0.2) is 8.78 Å². The standard InChI is InChI=1S/C15H11BrF2N2/c1-9-2-3-15(12(16)4-9)20-8-11-13(17)5-10(7-19)6-14(11)18/h2-6,20H,8H2,1H3. The highest BCUT2D eigenvalue weighted by molar-refractivity contribution is 9.10. The summed E-state index contributed by atoms with van der Waals surface area (Å²) in [5.41, 5.74) is 1.72. The molecule has 0 aliphatic carbocycles. The first kappa shape index (κ1) is 14.5. The van der Waals surface area contributed by atoms with Gasteiger partial charge in [0, 0.05) is 22.3 Å². The fourth-order valence-electron chi connectivity index (χ4n) is 1.78. The molecule has 0 radical (unpaired) electrons. The Hall–Kier alpha value is -1.93. The molecule has 0 bridgehead atoms. The smallest absolute Gasteiger partial charge is 0.132 e. The largest absolute Gasteiger partial charge is 0.380 e. The van der Waals surface area contributed by atoms with Gasteiger partial charge in [-0.3, -0.25) is 0 Å². The summed E-state index contributed by atoms with van der Waals surface area (Å²) >= 11 is 3.39. The van der Waals surface area contributed by atoms with Gasteiger partial charge in [0.1, 0.15) is 11.6 Å². The number of halogens is 3. The molecule has 0 unspecified atom stereocenters. The van der Waals surface area contributed by atoms with Crippen LogP contribution in [0.25, 0.3) is 0 Å². The van der Waals surface area contributed by atoms with Crippen LogP contribution in [0.3, 0.4) is 0 Å². The minimum atomic E-state index is -0.725. The van der Waals surface area contributed by atoms with Gasteiger partial charge < -0.3 is 5.32 Å². The molecule has 0 heterocycles. The van der Waals surface area contributed by atoms with Gasteiger partial charge in [-0.2, -0.15) is 5.26 Å². The summed E-state index contributed by atoms with van der Waals surface area (Å²) in [5, 5.41) is 11.6. The van der Waals surface area contributed by atoms with Crippen LogP contribution in [0.15, 0.2) is 34.8 Å². The van der Waals surface area contributed by atoms with E-state index in [1.165, 1.54) is 0 Å². The molecule has 0 aromatic heterocycles. The lowest BCUT2D eigenvalue weighted by atomic mass is 10.1. The van der Waals surface area contributed by atoms with Crippen LogP contribution in [0.1, 0.15) is 16.7 Å². The zero-order chi connectivity index (χ0) is 14.7. The van der Waals surface area contributed by atoms with Gasteiger partial charge in [-0.1, -0.05) is 6.07 Å². The van der Waals surface area contributed by atoms with E-state index < -0.39 is 11.6 Å². The van der Waals surface area contributed by atoms with E-state index in [9.17, 15) is 8.78 Å². The summed E-state index contributed by atoms with van der Waals surface area (Å²) < 4.78 is 28.3. The number of nitriles is 1. The van der Waals surface area contributed by atoms with Crippen molar-refractivity contribution in [1.29, 1.82) is 5.26 Å². The monoisotopic (exact) mass is 336 g/mol.